The van der Waals surface area contributed by atoms with Gasteiger partial charge in [0, 0.05) is 31.7 Å². The second-order valence-corrected chi connectivity index (χ2v) is 5.17. The van der Waals surface area contributed by atoms with Crippen LogP contribution in [0.15, 0.2) is 6.07 Å². The fourth-order valence-corrected chi connectivity index (χ4v) is 2.75. The summed E-state index contributed by atoms with van der Waals surface area (Å²) >= 11 is 0. The van der Waals surface area contributed by atoms with Gasteiger partial charge in [0.25, 0.3) is 0 Å². The van der Waals surface area contributed by atoms with E-state index in [1.165, 1.54) is 12.8 Å². The third-order valence-corrected chi connectivity index (χ3v) is 3.62. The van der Waals surface area contributed by atoms with Gasteiger partial charge in [-0.1, -0.05) is 6.92 Å². The minimum absolute atomic E-state index is 0.261. The zero-order chi connectivity index (χ0) is 13.7. The molecular weight excluding hydrogens is 240 g/mol. The van der Waals surface area contributed by atoms with Crippen LogP contribution < -0.4 is 10.6 Å². The number of rotatable bonds is 6. The van der Waals surface area contributed by atoms with Gasteiger partial charge < -0.3 is 15.7 Å². The summed E-state index contributed by atoms with van der Waals surface area (Å²) in [4.78, 5) is 11.2. The first-order chi connectivity index (χ1) is 9.24. The van der Waals surface area contributed by atoms with E-state index in [-0.39, 0.29) is 6.61 Å². The summed E-state index contributed by atoms with van der Waals surface area (Å²) in [6.07, 6.45) is 6.12. The van der Waals surface area contributed by atoms with E-state index in [0.29, 0.717) is 11.9 Å². The Morgan fingerprint density at radius 3 is 3.05 bits per heavy atom. The van der Waals surface area contributed by atoms with E-state index < -0.39 is 0 Å². The Labute approximate surface area is 114 Å². The lowest BCUT2D eigenvalue weighted by Crippen LogP contribution is -2.30. The number of nitrogens with zero attached hydrogens (tertiary/aromatic N) is 3. The average molecular weight is 264 g/mol. The molecule has 1 fully saturated rings. The Bertz CT molecular complexity index is 410. The smallest absolute Gasteiger partial charge is 0.134 e. The van der Waals surface area contributed by atoms with Crippen molar-refractivity contribution in [1.29, 1.82) is 0 Å². The largest absolute Gasteiger partial charge is 0.396 e. The molecule has 0 aliphatic carbocycles. The molecule has 5 nitrogen and oxygen atoms in total. The highest BCUT2D eigenvalue weighted by Crippen LogP contribution is 2.27. The molecule has 3 N–H and O–H groups in total. The fraction of sp³-hybridized carbons (Fsp3) is 0.714. The molecule has 19 heavy (non-hydrogen) atoms. The molecule has 0 amide bonds. The minimum atomic E-state index is 0.261. The lowest BCUT2D eigenvalue weighted by atomic mass is 10.1. The Morgan fingerprint density at radius 1 is 1.47 bits per heavy atom. The van der Waals surface area contributed by atoms with Gasteiger partial charge in [0.1, 0.15) is 17.5 Å². The van der Waals surface area contributed by atoms with E-state index in [0.717, 1.165) is 43.9 Å². The first-order valence-corrected chi connectivity index (χ1v) is 7.25. The van der Waals surface area contributed by atoms with Gasteiger partial charge in [-0.25, -0.2) is 9.97 Å². The van der Waals surface area contributed by atoms with Crippen molar-refractivity contribution in [2.45, 2.75) is 51.5 Å². The van der Waals surface area contributed by atoms with Gasteiger partial charge in [-0.3, -0.25) is 0 Å². The number of aromatic nitrogens is 2. The molecule has 1 aliphatic rings. The van der Waals surface area contributed by atoms with Gasteiger partial charge in [-0.15, -0.1) is 0 Å². The van der Waals surface area contributed by atoms with E-state index in [4.69, 9.17) is 10.8 Å². The van der Waals surface area contributed by atoms with Crippen molar-refractivity contribution in [3.05, 3.63) is 11.9 Å². The number of aliphatic hydroxyl groups excluding tert-OH is 1. The van der Waals surface area contributed by atoms with Crippen LogP contribution in [-0.2, 0) is 6.42 Å². The quantitative estimate of drug-likeness (QED) is 0.818. The summed E-state index contributed by atoms with van der Waals surface area (Å²) in [5, 5.41) is 8.98. The van der Waals surface area contributed by atoms with Crippen LogP contribution in [0.2, 0.25) is 0 Å². The van der Waals surface area contributed by atoms with Crippen LogP contribution in [-0.4, -0.2) is 34.3 Å². The Morgan fingerprint density at radius 2 is 2.32 bits per heavy atom. The molecule has 0 aromatic carbocycles. The molecule has 1 aliphatic heterocycles. The third kappa shape index (κ3) is 3.56. The number of hydrogen-bond donors (Lipinski definition) is 2. The number of nitrogens with two attached hydrogens (primary N) is 1. The molecule has 1 aromatic rings. The average Bonchev–Trinajstić information content (AvgIpc) is 2.84. The van der Waals surface area contributed by atoms with Crippen molar-refractivity contribution < 1.29 is 5.11 Å². The summed E-state index contributed by atoms with van der Waals surface area (Å²) in [5.41, 5.74) is 5.89. The van der Waals surface area contributed by atoms with Crippen molar-refractivity contribution in [3.8, 4) is 0 Å². The molecule has 0 radical (unpaired) electrons. The van der Waals surface area contributed by atoms with Crippen LogP contribution >= 0.6 is 0 Å². The second-order valence-electron chi connectivity index (χ2n) is 5.17. The Kier molecular flexibility index (Phi) is 4.96. The highest BCUT2D eigenvalue weighted by Gasteiger charge is 2.25. The van der Waals surface area contributed by atoms with Crippen LogP contribution in [0.25, 0.3) is 0 Å². The minimum Gasteiger partial charge on any atom is -0.396 e. The predicted molar refractivity (Wildman–Crippen MR) is 77.1 cm³/mol. The van der Waals surface area contributed by atoms with Crippen LogP contribution in [0.4, 0.5) is 11.6 Å². The van der Waals surface area contributed by atoms with Gasteiger partial charge in [-0.2, -0.15) is 0 Å². The monoisotopic (exact) mass is 264 g/mol. The summed E-state index contributed by atoms with van der Waals surface area (Å²) in [7, 11) is 0. The van der Waals surface area contributed by atoms with Gasteiger partial charge >= 0.3 is 0 Å². The molecular formula is C14H24N4O. The number of anilines is 2. The van der Waals surface area contributed by atoms with Gasteiger partial charge in [-0.05, 0) is 32.1 Å². The molecule has 2 rings (SSSR count). The maximum Gasteiger partial charge on any atom is 0.134 e. The first kappa shape index (κ1) is 14.1. The molecule has 0 saturated carbocycles. The molecule has 2 heterocycles. The molecule has 1 saturated heterocycles. The Hall–Kier alpha value is -1.36. The molecule has 5 heteroatoms. The lowest BCUT2D eigenvalue weighted by molar-refractivity contribution is 0.279. The van der Waals surface area contributed by atoms with E-state index in [9.17, 15) is 0 Å². The highest BCUT2D eigenvalue weighted by atomic mass is 16.2. The fourth-order valence-electron chi connectivity index (χ4n) is 2.75. The van der Waals surface area contributed by atoms with E-state index in [1.54, 1.807) is 0 Å². The maximum absolute atomic E-state index is 8.98. The van der Waals surface area contributed by atoms with Crippen LogP contribution in [0.3, 0.4) is 0 Å². The highest BCUT2D eigenvalue weighted by molar-refractivity contribution is 5.48. The summed E-state index contributed by atoms with van der Waals surface area (Å²) in [6, 6.07) is 2.35. The molecule has 1 aromatic heterocycles. The predicted octanol–water partition coefficient (Wildman–Crippen LogP) is 1.75. The lowest BCUT2D eigenvalue weighted by Gasteiger charge is -2.26. The standard InChI is InChI=1S/C14H24N4O/c1-2-5-13-16-12(15)10-14(17-13)18-8-3-6-11(18)7-4-9-19/h10-11,19H,2-9H2,1H3,(H2,15,16,17). The van der Waals surface area contributed by atoms with Crippen molar-refractivity contribution in [2.24, 2.45) is 0 Å². The van der Waals surface area contributed by atoms with Crippen molar-refractivity contribution in [3.63, 3.8) is 0 Å². The first-order valence-electron chi connectivity index (χ1n) is 7.25. The normalized spacial score (nSPS) is 19.1. The van der Waals surface area contributed by atoms with E-state index in [2.05, 4.69) is 21.8 Å². The number of aliphatic hydroxyl groups is 1. The molecule has 1 unspecified atom stereocenters. The SMILES string of the molecule is CCCc1nc(N)cc(N2CCCC2CCCO)n1. The van der Waals surface area contributed by atoms with Gasteiger partial charge in [0.2, 0.25) is 0 Å². The van der Waals surface area contributed by atoms with Crippen LogP contribution in [0.1, 0.15) is 44.9 Å². The van der Waals surface area contributed by atoms with Crippen LogP contribution in [0.5, 0.6) is 0 Å². The topological polar surface area (TPSA) is 75.3 Å². The van der Waals surface area contributed by atoms with E-state index >= 15 is 0 Å². The maximum atomic E-state index is 8.98. The zero-order valence-electron chi connectivity index (χ0n) is 11.7. The second kappa shape index (κ2) is 6.70. The summed E-state index contributed by atoms with van der Waals surface area (Å²) in [6.45, 7) is 3.40. The molecule has 0 spiro atoms. The van der Waals surface area contributed by atoms with Crippen molar-refractivity contribution in [1.82, 2.24) is 9.97 Å². The summed E-state index contributed by atoms with van der Waals surface area (Å²) in [5.74, 6) is 2.35. The van der Waals surface area contributed by atoms with Crippen molar-refractivity contribution in [2.75, 3.05) is 23.8 Å². The molecule has 106 valence electrons. The Balaban J connectivity index is 2.15. The third-order valence-electron chi connectivity index (χ3n) is 3.62. The van der Waals surface area contributed by atoms with E-state index in [1.807, 2.05) is 6.07 Å². The molecule has 0 bridgehead atoms. The number of aryl methyl sites for hydroxylation is 1. The van der Waals surface area contributed by atoms with Crippen molar-refractivity contribution >= 4 is 11.6 Å². The number of nitrogen functional groups attached to an aromatic ring is 1. The summed E-state index contributed by atoms with van der Waals surface area (Å²) < 4.78 is 0. The van der Waals surface area contributed by atoms with Gasteiger partial charge in [0.15, 0.2) is 0 Å². The molecule has 1 atom stereocenters. The van der Waals surface area contributed by atoms with Crippen LogP contribution in [0, 0.1) is 0 Å². The zero-order valence-corrected chi connectivity index (χ0v) is 11.7. The number of hydrogen-bond acceptors (Lipinski definition) is 5. The van der Waals surface area contributed by atoms with Gasteiger partial charge in [0.05, 0.1) is 0 Å².